The van der Waals surface area contributed by atoms with Gasteiger partial charge in [-0.3, -0.25) is 14.2 Å². The van der Waals surface area contributed by atoms with E-state index in [0.29, 0.717) is 35.6 Å². The summed E-state index contributed by atoms with van der Waals surface area (Å²) >= 11 is 0. The molecule has 0 atom stereocenters. The van der Waals surface area contributed by atoms with Crippen LogP contribution >= 0.6 is 0 Å². The minimum Gasteiger partial charge on any atom is -0.381 e. The van der Waals surface area contributed by atoms with Crippen LogP contribution in [0.2, 0.25) is 0 Å². The molecule has 2 aliphatic rings. The molecular weight excluding hydrogens is 378 g/mol. The van der Waals surface area contributed by atoms with Gasteiger partial charge in [0, 0.05) is 37.9 Å². The number of carbonyl (C=O) groups excluding carboxylic acids is 1. The van der Waals surface area contributed by atoms with E-state index in [1.165, 1.54) is 18.1 Å². The molecule has 30 heavy (non-hydrogen) atoms. The molecule has 0 unspecified atom stereocenters. The van der Waals surface area contributed by atoms with Gasteiger partial charge in [-0.1, -0.05) is 30.3 Å². The molecule has 0 radical (unpaired) electrons. The second kappa shape index (κ2) is 7.36. The number of hydrogen-bond acceptors (Lipinski definition) is 5. The van der Waals surface area contributed by atoms with Crippen molar-refractivity contribution in [3.8, 4) is 0 Å². The van der Waals surface area contributed by atoms with Gasteiger partial charge in [0.2, 0.25) is 5.95 Å². The van der Waals surface area contributed by atoms with E-state index in [4.69, 9.17) is 9.72 Å². The van der Waals surface area contributed by atoms with Crippen molar-refractivity contribution in [2.75, 3.05) is 18.1 Å². The van der Waals surface area contributed by atoms with Crippen molar-refractivity contribution in [2.45, 2.75) is 45.8 Å². The molecule has 154 valence electrons. The summed E-state index contributed by atoms with van der Waals surface area (Å²) in [5, 5.41) is 0.439. The highest BCUT2D eigenvalue weighted by Gasteiger charge is 2.29. The summed E-state index contributed by atoms with van der Waals surface area (Å²) in [5.74, 6) is 0.589. The van der Waals surface area contributed by atoms with Crippen molar-refractivity contribution in [3.63, 3.8) is 0 Å². The van der Waals surface area contributed by atoms with Crippen LogP contribution in [-0.2, 0) is 17.8 Å². The number of ether oxygens (including phenoxy) is 1. The fourth-order valence-electron chi connectivity index (χ4n) is 4.80. The first-order valence-corrected chi connectivity index (χ1v) is 10.5. The fourth-order valence-corrected chi connectivity index (χ4v) is 4.80. The normalized spacial score (nSPS) is 16.8. The Labute approximate surface area is 175 Å². The molecule has 2 aromatic carbocycles. The second-order valence-corrected chi connectivity index (χ2v) is 8.26. The number of hydrogen-bond donors (Lipinski definition) is 0. The predicted molar refractivity (Wildman–Crippen MR) is 116 cm³/mol. The van der Waals surface area contributed by atoms with Gasteiger partial charge in [-0.2, -0.15) is 0 Å². The van der Waals surface area contributed by atoms with Gasteiger partial charge in [0.05, 0.1) is 10.9 Å². The summed E-state index contributed by atoms with van der Waals surface area (Å²) in [6.45, 7) is 6.10. The minimum absolute atomic E-state index is 0.0159. The summed E-state index contributed by atoms with van der Waals surface area (Å²) < 4.78 is 7.38. The molecule has 0 saturated carbocycles. The Hall–Kier alpha value is -2.99. The Balaban J connectivity index is 1.75. The van der Waals surface area contributed by atoms with E-state index in [-0.39, 0.29) is 17.4 Å². The number of aromatic nitrogens is 2. The van der Waals surface area contributed by atoms with Gasteiger partial charge in [-0.25, -0.2) is 4.98 Å². The monoisotopic (exact) mass is 403 g/mol. The van der Waals surface area contributed by atoms with Crippen molar-refractivity contribution >= 4 is 22.6 Å². The van der Waals surface area contributed by atoms with E-state index in [9.17, 15) is 9.59 Å². The van der Waals surface area contributed by atoms with Crippen LogP contribution in [0.1, 0.15) is 52.9 Å². The van der Waals surface area contributed by atoms with Crippen LogP contribution in [-0.4, -0.2) is 28.5 Å². The first-order valence-electron chi connectivity index (χ1n) is 10.5. The molecule has 0 spiro atoms. The van der Waals surface area contributed by atoms with Crippen LogP contribution < -0.4 is 10.5 Å². The summed E-state index contributed by atoms with van der Waals surface area (Å²) in [4.78, 5) is 33.4. The molecule has 1 aromatic heterocycles. The first kappa shape index (κ1) is 19.0. The van der Waals surface area contributed by atoms with E-state index >= 15 is 0 Å². The Morgan fingerprint density at radius 2 is 1.73 bits per heavy atom. The molecule has 6 heteroatoms. The highest BCUT2D eigenvalue weighted by Crippen LogP contribution is 2.32. The maximum absolute atomic E-state index is 13.9. The van der Waals surface area contributed by atoms with Gasteiger partial charge < -0.3 is 9.64 Å². The van der Waals surface area contributed by atoms with Gasteiger partial charge in [0.1, 0.15) is 0 Å². The van der Waals surface area contributed by atoms with E-state index in [2.05, 4.69) is 17.0 Å². The molecule has 0 aliphatic carbocycles. The molecule has 3 aromatic rings. The summed E-state index contributed by atoms with van der Waals surface area (Å²) in [5.41, 5.74) is 4.30. The Kier molecular flexibility index (Phi) is 4.66. The maximum atomic E-state index is 13.9. The van der Waals surface area contributed by atoms with Crippen molar-refractivity contribution in [1.82, 2.24) is 9.55 Å². The first-order chi connectivity index (χ1) is 14.5. The number of rotatable bonds is 3. The molecule has 0 amide bonds. The predicted octanol–water partition coefficient (Wildman–Crippen LogP) is 3.78. The van der Waals surface area contributed by atoms with Gasteiger partial charge >= 0.3 is 0 Å². The van der Waals surface area contributed by atoms with Crippen LogP contribution in [0, 0.1) is 6.92 Å². The molecule has 3 heterocycles. The van der Waals surface area contributed by atoms with Gasteiger partial charge in [0.15, 0.2) is 5.78 Å². The Morgan fingerprint density at radius 1 is 1.07 bits per heavy atom. The summed E-state index contributed by atoms with van der Waals surface area (Å²) in [6.07, 6.45) is 1.53. The van der Waals surface area contributed by atoms with Crippen LogP contribution in [0.15, 0.2) is 41.2 Å². The van der Waals surface area contributed by atoms with Crippen molar-refractivity contribution < 1.29 is 9.53 Å². The minimum atomic E-state index is -0.119. The van der Waals surface area contributed by atoms with Crippen LogP contribution in [0.5, 0.6) is 0 Å². The topological polar surface area (TPSA) is 64.4 Å². The average molecular weight is 403 g/mol. The maximum Gasteiger partial charge on any atom is 0.263 e. The second-order valence-electron chi connectivity index (χ2n) is 8.26. The zero-order chi connectivity index (χ0) is 20.8. The molecule has 6 nitrogen and oxygen atoms in total. The largest absolute Gasteiger partial charge is 0.381 e. The quantitative estimate of drug-likeness (QED) is 0.623. The molecule has 0 bridgehead atoms. The van der Waals surface area contributed by atoms with Gasteiger partial charge in [0.25, 0.3) is 5.56 Å². The van der Waals surface area contributed by atoms with Crippen LogP contribution in [0.25, 0.3) is 10.9 Å². The Bertz CT molecular complexity index is 1180. The number of nitrogens with zero attached hydrogens (tertiary/aromatic N) is 3. The van der Waals surface area contributed by atoms with Crippen molar-refractivity contribution in [3.05, 3.63) is 69.0 Å². The molecule has 5 rings (SSSR count). The number of anilines is 1. The number of benzene rings is 2. The smallest absolute Gasteiger partial charge is 0.263 e. The third kappa shape index (κ3) is 3.03. The molecule has 1 fully saturated rings. The standard InChI is InChI=1S/C24H25N3O3/c1-15-7-8-20-22(21(15)16(2)28)23(29)27(19-9-11-30-12-10-19)24(25-20)26-13-17-5-3-4-6-18(17)14-26/h3-8,19H,9-14H2,1-2H3. The number of Topliss-reactive ketones (excluding diaryl/α,β-unsaturated/α-hetero) is 1. The summed E-state index contributed by atoms with van der Waals surface area (Å²) in [6, 6.07) is 12.1. The van der Waals surface area contributed by atoms with Crippen molar-refractivity contribution in [2.24, 2.45) is 0 Å². The lowest BCUT2D eigenvalue weighted by molar-refractivity contribution is 0.0688. The van der Waals surface area contributed by atoms with E-state index in [1.807, 2.05) is 35.8 Å². The molecule has 1 saturated heterocycles. The summed E-state index contributed by atoms with van der Waals surface area (Å²) in [7, 11) is 0. The molecular formula is C24H25N3O3. The van der Waals surface area contributed by atoms with Crippen molar-refractivity contribution in [1.29, 1.82) is 0 Å². The number of ketones is 1. The van der Waals surface area contributed by atoms with Crippen LogP contribution in [0.4, 0.5) is 5.95 Å². The zero-order valence-corrected chi connectivity index (χ0v) is 17.4. The third-order valence-corrected chi connectivity index (χ3v) is 6.29. The van der Waals surface area contributed by atoms with E-state index < -0.39 is 0 Å². The number of aryl methyl sites for hydroxylation is 1. The number of fused-ring (bicyclic) bond motifs is 2. The Morgan fingerprint density at radius 3 is 2.37 bits per heavy atom. The van der Waals surface area contributed by atoms with Crippen LogP contribution in [0.3, 0.4) is 0 Å². The average Bonchev–Trinajstić information content (AvgIpc) is 3.18. The fraction of sp³-hybridized carbons (Fsp3) is 0.375. The molecule has 0 N–H and O–H groups in total. The highest BCUT2D eigenvalue weighted by atomic mass is 16.5. The van der Waals surface area contributed by atoms with E-state index in [0.717, 1.165) is 31.5 Å². The van der Waals surface area contributed by atoms with Gasteiger partial charge in [-0.05, 0) is 49.4 Å². The third-order valence-electron chi connectivity index (χ3n) is 6.29. The zero-order valence-electron chi connectivity index (χ0n) is 17.4. The SMILES string of the molecule is CC(=O)c1c(C)ccc2nc(N3Cc4ccccc4C3)n(C3CCOCC3)c(=O)c12. The lowest BCUT2D eigenvalue weighted by Gasteiger charge is -2.30. The van der Waals surface area contributed by atoms with E-state index in [1.54, 1.807) is 0 Å². The molecule has 2 aliphatic heterocycles. The van der Waals surface area contributed by atoms with Gasteiger partial charge in [-0.15, -0.1) is 0 Å². The highest BCUT2D eigenvalue weighted by molar-refractivity contribution is 6.07. The number of carbonyl (C=O) groups is 1. The lowest BCUT2D eigenvalue weighted by Crippen LogP contribution is -2.35. The lowest BCUT2D eigenvalue weighted by atomic mass is 10.00.